The molecule has 8 nitrogen and oxygen atoms in total. The van der Waals surface area contributed by atoms with Gasteiger partial charge in [0.25, 0.3) is 5.69 Å². The van der Waals surface area contributed by atoms with Gasteiger partial charge in [0.1, 0.15) is 6.04 Å². The van der Waals surface area contributed by atoms with Crippen LogP contribution in [0, 0.1) is 24.0 Å². The van der Waals surface area contributed by atoms with Crippen molar-refractivity contribution < 1.29 is 18.1 Å². The van der Waals surface area contributed by atoms with E-state index >= 15 is 0 Å². The van der Waals surface area contributed by atoms with Gasteiger partial charge in [0, 0.05) is 12.1 Å². The molecular weight excluding hydrogens is 406 g/mol. The van der Waals surface area contributed by atoms with E-state index in [9.17, 15) is 23.3 Å². The number of sulfonamides is 1. The van der Waals surface area contributed by atoms with Gasteiger partial charge < -0.3 is 5.32 Å². The number of hydrogen-bond donors (Lipinski definition) is 1. The summed E-state index contributed by atoms with van der Waals surface area (Å²) in [4.78, 5) is 23.4. The monoisotopic (exact) mass is 433 g/mol. The topological polar surface area (TPSA) is 110 Å². The molecule has 0 unspecified atom stereocenters. The highest BCUT2D eigenvalue weighted by Gasteiger charge is 2.31. The molecule has 0 spiro atoms. The molecule has 0 heterocycles. The number of nitrogens with one attached hydrogen (secondary N) is 1. The maximum absolute atomic E-state index is 13.0. The zero-order chi connectivity index (χ0) is 22.6. The summed E-state index contributed by atoms with van der Waals surface area (Å²) in [5.41, 5.74) is 2.98. The van der Waals surface area contributed by atoms with Crippen molar-refractivity contribution in [3.63, 3.8) is 0 Å². The van der Waals surface area contributed by atoms with Crippen LogP contribution in [0.15, 0.2) is 42.5 Å². The molecule has 162 valence electrons. The molecule has 0 aliphatic heterocycles. The first-order valence-electron chi connectivity index (χ1n) is 9.57. The van der Waals surface area contributed by atoms with E-state index < -0.39 is 26.9 Å². The molecule has 0 fully saturated rings. The Balaban J connectivity index is 2.34. The summed E-state index contributed by atoms with van der Waals surface area (Å²) in [5, 5.41) is 14.0. The molecule has 1 N–H and O–H groups in total. The average molecular weight is 434 g/mol. The van der Waals surface area contributed by atoms with E-state index in [1.807, 2.05) is 39.0 Å². The second-order valence-electron chi connectivity index (χ2n) is 7.32. The van der Waals surface area contributed by atoms with Crippen LogP contribution in [0.2, 0.25) is 0 Å². The van der Waals surface area contributed by atoms with E-state index in [1.54, 1.807) is 0 Å². The minimum atomic E-state index is -3.87. The molecule has 2 rings (SSSR count). The number of nitrogens with zero attached hydrogens (tertiary/aromatic N) is 2. The van der Waals surface area contributed by atoms with E-state index in [0.29, 0.717) is 6.42 Å². The van der Waals surface area contributed by atoms with Gasteiger partial charge >= 0.3 is 0 Å². The number of nitro benzene ring substituents is 1. The van der Waals surface area contributed by atoms with Crippen molar-refractivity contribution in [2.75, 3.05) is 10.6 Å². The standard InChI is InChI=1S/C21H27N3O5S/c1-6-20(17-11-10-14(2)15(3)12-17)22-21(25)16(4)23(30(5,28)29)18-8-7-9-19(13-18)24(26)27/h7-13,16,20H,6H2,1-5H3,(H,22,25)/t16-,20+/m0/s1. The Hall–Kier alpha value is -2.94. The summed E-state index contributed by atoms with van der Waals surface area (Å²) in [5.74, 6) is -0.489. The van der Waals surface area contributed by atoms with Crippen LogP contribution in [0.4, 0.5) is 11.4 Å². The Bertz CT molecular complexity index is 1050. The lowest BCUT2D eigenvalue weighted by atomic mass is 9.99. The molecule has 0 saturated heterocycles. The zero-order valence-electron chi connectivity index (χ0n) is 17.7. The first kappa shape index (κ1) is 23.3. The van der Waals surface area contributed by atoms with Crippen molar-refractivity contribution >= 4 is 27.3 Å². The summed E-state index contributed by atoms with van der Waals surface area (Å²) in [6.45, 7) is 7.38. The van der Waals surface area contributed by atoms with Crippen LogP contribution in [0.3, 0.4) is 0 Å². The van der Waals surface area contributed by atoms with Gasteiger partial charge in [-0.1, -0.05) is 31.2 Å². The Morgan fingerprint density at radius 1 is 1.17 bits per heavy atom. The summed E-state index contributed by atoms with van der Waals surface area (Å²) < 4.78 is 25.8. The zero-order valence-corrected chi connectivity index (χ0v) is 18.6. The van der Waals surface area contributed by atoms with Gasteiger partial charge in [-0.25, -0.2) is 8.42 Å². The van der Waals surface area contributed by atoms with Crippen molar-refractivity contribution in [2.24, 2.45) is 0 Å². The summed E-state index contributed by atoms with van der Waals surface area (Å²) in [6, 6.07) is 9.77. The first-order chi connectivity index (χ1) is 14.0. The van der Waals surface area contributed by atoms with Crippen molar-refractivity contribution in [1.82, 2.24) is 5.32 Å². The summed E-state index contributed by atoms with van der Waals surface area (Å²) >= 11 is 0. The summed E-state index contributed by atoms with van der Waals surface area (Å²) in [6.07, 6.45) is 1.59. The van der Waals surface area contributed by atoms with Crippen LogP contribution in [0.25, 0.3) is 0 Å². The van der Waals surface area contributed by atoms with Gasteiger partial charge in [-0.05, 0) is 49.9 Å². The number of amides is 1. The molecule has 1 amide bonds. The quantitative estimate of drug-likeness (QED) is 0.505. The minimum Gasteiger partial charge on any atom is -0.347 e. The number of aryl methyl sites for hydroxylation is 2. The number of carbonyl (C=O) groups is 1. The molecule has 2 atom stereocenters. The molecule has 2 aromatic carbocycles. The first-order valence-corrected chi connectivity index (χ1v) is 11.4. The van der Waals surface area contributed by atoms with Gasteiger partial charge in [0.05, 0.1) is 22.9 Å². The highest BCUT2D eigenvalue weighted by Crippen LogP contribution is 2.26. The molecule has 0 aromatic heterocycles. The largest absolute Gasteiger partial charge is 0.347 e. The van der Waals surface area contributed by atoms with Gasteiger partial charge in [-0.2, -0.15) is 0 Å². The third-order valence-electron chi connectivity index (χ3n) is 5.04. The maximum Gasteiger partial charge on any atom is 0.271 e. The van der Waals surface area contributed by atoms with Crippen molar-refractivity contribution in [2.45, 2.75) is 46.2 Å². The Kier molecular flexibility index (Phi) is 7.20. The van der Waals surface area contributed by atoms with Crippen LogP contribution in [0.5, 0.6) is 0 Å². The number of hydrogen-bond acceptors (Lipinski definition) is 5. The molecule has 0 bridgehead atoms. The molecule has 0 radical (unpaired) electrons. The number of carbonyl (C=O) groups excluding carboxylic acids is 1. The van der Waals surface area contributed by atoms with Crippen LogP contribution in [-0.2, 0) is 14.8 Å². The number of non-ortho nitro benzene ring substituents is 1. The molecule has 30 heavy (non-hydrogen) atoms. The second kappa shape index (κ2) is 9.25. The SMILES string of the molecule is CC[C@@H](NC(=O)[C@H](C)N(c1cccc([N+](=O)[O-])c1)S(C)(=O)=O)c1ccc(C)c(C)c1. The lowest BCUT2D eigenvalue weighted by Crippen LogP contribution is -2.48. The number of nitro groups is 1. The van der Waals surface area contributed by atoms with Crippen LogP contribution >= 0.6 is 0 Å². The minimum absolute atomic E-state index is 0.0635. The van der Waals surface area contributed by atoms with Gasteiger partial charge in [0.2, 0.25) is 15.9 Å². The average Bonchev–Trinajstić information content (AvgIpc) is 2.67. The highest BCUT2D eigenvalue weighted by molar-refractivity contribution is 7.92. The predicted molar refractivity (Wildman–Crippen MR) is 117 cm³/mol. The van der Waals surface area contributed by atoms with Gasteiger partial charge in [0.15, 0.2) is 0 Å². The predicted octanol–water partition coefficient (Wildman–Crippen LogP) is 3.63. The number of anilines is 1. The van der Waals surface area contributed by atoms with E-state index in [1.165, 1.54) is 25.1 Å². The maximum atomic E-state index is 13.0. The Labute approximate surface area is 177 Å². The van der Waals surface area contributed by atoms with E-state index in [-0.39, 0.29) is 17.4 Å². The third kappa shape index (κ3) is 5.35. The normalized spacial score (nSPS) is 13.4. The second-order valence-corrected chi connectivity index (χ2v) is 9.18. The van der Waals surface area contributed by atoms with Gasteiger partial charge in [-0.3, -0.25) is 19.2 Å². The Morgan fingerprint density at radius 2 is 1.83 bits per heavy atom. The lowest BCUT2D eigenvalue weighted by Gasteiger charge is -2.29. The van der Waals surface area contributed by atoms with E-state index in [2.05, 4.69) is 5.32 Å². The fourth-order valence-electron chi connectivity index (χ4n) is 3.25. The molecule has 9 heteroatoms. The van der Waals surface area contributed by atoms with Crippen LogP contribution < -0.4 is 9.62 Å². The van der Waals surface area contributed by atoms with Crippen molar-refractivity contribution in [1.29, 1.82) is 0 Å². The highest BCUT2D eigenvalue weighted by atomic mass is 32.2. The molecular formula is C21H27N3O5S. The van der Waals surface area contributed by atoms with Gasteiger partial charge in [-0.15, -0.1) is 0 Å². The van der Waals surface area contributed by atoms with Crippen molar-refractivity contribution in [3.8, 4) is 0 Å². The Morgan fingerprint density at radius 3 is 2.37 bits per heavy atom. The molecule has 0 saturated carbocycles. The fourth-order valence-corrected chi connectivity index (χ4v) is 4.41. The van der Waals surface area contributed by atoms with Crippen LogP contribution in [-0.4, -0.2) is 31.5 Å². The number of benzene rings is 2. The summed E-state index contributed by atoms with van der Waals surface area (Å²) in [7, 11) is -3.87. The van der Waals surface area contributed by atoms with E-state index in [4.69, 9.17) is 0 Å². The fraction of sp³-hybridized carbons (Fsp3) is 0.381. The lowest BCUT2D eigenvalue weighted by molar-refractivity contribution is -0.384. The molecule has 2 aromatic rings. The third-order valence-corrected chi connectivity index (χ3v) is 6.28. The smallest absolute Gasteiger partial charge is 0.271 e. The molecule has 0 aliphatic carbocycles. The number of rotatable bonds is 8. The van der Waals surface area contributed by atoms with E-state index in [0.717, 1.165) is 33.3 Å². The molecule has 0 aliphatic rings. The van der Waals surface area contributed by atoms with Crippen molar-refractivity contribution in [3.05, 3.63) is 69.3 Å². The van der Waals surface area contributed by atoms with Crippen LogP contribution in [0.1, 0.15) is 43.0 Å².